The molecule has 0 aliphatic rings. The van der Waals surface area contributed by atoms with Gasteiger partial charge in [-0.3, -0.25) is 4.98 Å². The van der Waals surface area contributed by atoms with Gasteiger partial charge >= 0.3 is 0 Å². The summed E-state index contributed by atoms with van der Waals surface area (Å²) in [7, 11) is 0. The molecule has 1 aromatic heterocycles. The molecular weight excluding hydrogens is 182 g/mol. The van der Waals surface area contributed by atoms with E-state index in [2.05, 4.69) is 50.0 Å². The second kappa shape index (κ2) is 3.65. The molecule has 0 aliphatic heterocycles. The van der Waals surface area contributed by atoms with Crippen LogP contribution in [0.15, 0.2) is 36.7 Å². The van der Waals surface area contributed by atoms with Crippen LogP contribution in [-0.2, 0) is 6.42 Å². The van der Waals surface area contributed by atoms with E-state index in [1.165, 1.54) is 16.3 Å². The van der Waals surface area contributed by atoms with Gasteiger partial charge in [0.15, 0.2) is 0 Å². The number of benzene rings is 1. The zero-order valence-corrected chi connectivity index (χ0v) is 9.62. The highest BCUT2D eigenvalue weighted by Crippen LogP contribution is 2.23. The molecule has 0 amide bonds. The second-order valence-electron chi connectivity index (χ2n) is 5.29. The lowest BCUT2D eigenvalue weighted by molar-refractivity contribution is 0.411. The fourth-order valence-corrected chi connectivity index (χ4v) is 1.86. The third-order valence-corrected chi connectivity index (χ3v) is 2.44. The van der Waals surface area contributed by atoms with Gasteiger partial charge in [0.05, 0.1) is 0 Å². The summed E-state index contributed by atoms with van der Waals surface area (Å²) in [4.78, 5) is 4.15. The zero-order valence-electron chi connectivity index (χ0n) is 9.62. The van der Waals surface area contributed by atoms with E-state index in [-0.39, 0.29) is 0 Å². The lowest BCUT2D eigenvalue weighted by atomic mass is 9.88. The van der Waals surface area contributed by atoms with Crippen molar-refractivity contribution in [1.82, 2.24) is 4.98 Å². The number of fused-ring (bicyclic) bond motifs is 1. The van der Waals surface area contributed by atoms with Crippen LogP contribution in [-0.4, -0.2) is 4.98 Å². The molecule has 0 bridgehead atoms. The predicted molar refractivity (Wildman–Crippen MR) is 64.9 cm³/mol. The topological polar surface area (TPSA) is 12.9 Å². The molecule has 1 heterocycles. The molecule has 0 unspecified atom stereocenters. The van der Waals surface area contributed by atoms with Crippen LogP contribution in [0.2, 0.25) is 0 Å². The largest absolute Gasteiger partial charge is 0.264 e. The quantitative estimate of drug-likeness (QED) is 0.680. The molecule has 0 radical (unpaired) electrons. The maximum absolute atomic E-state index is 4.15. The lowest BCUT2D eigenvalue weighted by Gasteiger charge is -2.18. The summed E-state index contributed by atoms with van der Waals surface area (Å²) in [6, 6.07) is 8.69. The lowest BCUT2D eigenvalue weighted by Crippen LogP contribution is -2.08. The molecule has 1 aromatic carbocycles. The van der Waals surface area contributed by atoms with Crippen molar-refractivity contribution in [3.05, 3.63) is 42.2 Å². The van der Waals surface area contributed by atoms with Crippen molar-refractivity contribution in [3.8, 4) is 0 Å². The van der Waals surface area contributed by atoms with Gasteiger partial charge in [0, 0.05) is 17.8 Å². The fraction of sp³-hybridized carbons (Fsp3) is 0.357. The Balaban J connectivity index is 2.39. The van der Waals surface area contributed by atoms with Crippen LogP contribution < -0.4 is 0 Å². The van der Waals surface area contributed by atoms with E-state index in [1.807, 2.05) is 12.4 Å². The van der Waals surface area contributed by atoms with Gasteiger partial charge < -0.3 is 0 Å². The van der Waals surface area contributed by atoms with Gasteiger partial charge in [-0.1, -0.05) is 32.9 Å². The normalized spacial score (nSPS) is 11.9. The third-order valence-electron chi connectivity index (χ3n) is 2.44. The molecule has 0 atom stereocenters. The number of nitrogens with zero attached hydrogens (tertiary/aromatic N) is 1. The number of hydrogen-bond donors (Lipinski definition) is 0. The fourth-order valence-electron chi connectivity index (χ4n) is 1.86. The van der Waals surface area contributed by atoms with Crippen LogP contribution in [0.1, 0.15) is 26.3 Å². The minimum absolute atomic E-state index is 0.343. The van der Waals surface area contributed by atoms with Gasteiger partial charge in [-0.05, 0) is 34.9 Å². The first-order valence-electron chi connectivity index (χ1n) is 5.37. The van der Waals surface area contributed by atoms with Gasteiger partial charge in [-0.15, -0.1) is 0 Å². The van der Waals surface area contributed by atoms with Gasteiger partial charge in [-0.2, -0.15) is 0 Å². The monoisotopic (exact) mass is 199 g/mol. The molecule has 0 aliphatic carbocycles. The first-order chi connectivity index (χ1) is 7.04. The summed E-state index contributed by atoms with van der Waals surface area (Å²) in [5.41, 5.74) is 1.73. The predicted octanol–water partition coefficient (Wildman–Crippen LogP) is 3.82. The van der Waals surface area contributed by atoms with Crippen LogP contribution in [0.3, 0.4) is 0 Å². The maximum atomic E-state index is 4.15. The van der Waals surface area contributed by atoms with E-state index in [0.29, 0.717) is 5.41 Å². The molecule has 1 heteroatoms. The van der Waals surface area contributed by atoms with E-state index in [1.54, 1.807) is 0 Å². The van der Waals surface area contributed by atoms with Crippen molar-refractivity contribution in [2.24, 2.45) is 5.41 Å². The van der Waals surface area contributed by atoms with Crippen LogP contribution in [0.5, 0.6) is 0 Å². The molecule has 2 rings (SSSR count). The standard InChI is InChI=1S/C14H17N/c1-14(2,3)9-11-4-5-12-6-7-15-10-13(12)8-11/h4-8,10H,9H2,1-3H3. The Morgan fingerprint density at radius 2 is 1.87 bits per heavy atom. The van der Waals surface area contributed by atoms with Crippen molar-refractivity contribution < 1.29 is 0 Å². The van der Waals surface area contributed by atoms with Crippen LogP contribution >= 0.6 is 0 Å². The van der Waals surface area contributed by atoms with Gasteiger partial charge in [0.2, 0.25) is 0 Å². The highest BCUT2D eigenvalue weighted by molar-refractivity contribution is 5.81. The van der Waals surface area contributed by atoms with Crippen molar-refractivity contribution in [3.63, 3.8) is 0 Å². The van der Waals surface area contributed by atoms with E-state index in [4.69, 9.17) is 0 Å². The second-order valence-corrected chi connectivity index (χ2v) is 5.29. The SMILES string of the molecule is CC(C)(C)Cc1ccc2ccncc2c1. The Kier molecular flexibility index (Phi) is 2.47. The van der Waals surface area contributed by atoms with E-state index < -0.39 is 0 Å². The van der Waals surface area contributed by atoms with Crippen LogP contribution in [0.4, 0.5) is 0 Å². The first-order valence-corrected chi connectivity index (χ1v) is 5.37. The highest BCUT2D eigenvalue weighted by Gasteiger charge is 2.11. The molecule has 0 N–H and O–H groups in total. The Hall–Kier alpha value is -1.37. The Bertz CT molecular complexity index is 466. The van der Waals surface area contributed by atoms with Crippen LogP contribution in [0, 0.1) is 5.41 Å². The first kappa shape index (κ1) is 10.2. The van der Waals surface area contributed by atoms with Crippen molar-refractivity contribution in [1.29, 1.82) is 0 Å². The average molecular weight is 199 g/mol. The van der Waals surface area contributed by atoms with E-state index >= 15 is 0 Å². The summed E-state index contributed by atoms with van der Waals surface area (Å²) in [5.74, 6) is 0. The summed E-state index contributed by atoms with van der Waals surface area (Å²) in [6.45, 7) is 6.79. The average Bonchev–Trinajstić information content (AvgIpc) is 2.15. The Labute approximate surface area is 91.2 Å². The smallest absolute Gasteiger partial charge is 0.0346 e. The Morgan fingerprint density at radius 3 is 2.60 bits per heavy atom. The number of rotatable bonds is 1. The summed E-state index contributed by atoms with van der Waals surface area (Å²) >= 11 is 0. The molecule has 1 nitrogen and oxygen atoms in total. The van der Waals surface area contributed by atoms with Gasteiger partial charge in [-0.25, -0.2) is 0 Å². The molecular formula is C14H17N. The molecule has 0 saturated heterocycles. The number of hydrogen-bond acceptors (Lipinski definition) is 1. The van der Waals surface area contributed by atoms with E-state index in [0.717, 1.165) is 6.42 Å². The highest BCUT2D eigenvalue weighted by atomic mass is 14.6. The van der Waals surface area contributed by atoms with Crippen molar-refractivity contribution in [2.75, 3.05) is 0 Å². The minimum atomic E-state index is 0.343. The molecule has 0 spiro atoms. The number of aromatic nitrogens is 1. The minimum Gasteiger partial charge on any atom is -0.264 e. The summed E-state index contributed by atoms with van der Waals surface area (Å²) < 4.78 is 0. The summed E-state index contributed by atoms with van der Waals surface area (Å²) in [6.07, 6.45) is 4.88. The zero-order chi connectivity index (χ0) is 10.9. The van der Waals surface area contributed by atoms with E-state index in [9.17, 15) is 0 Å². The van der Waals surface area contributed by atoms with Crippen LogP contribution in [0.25, 0.3) is 10.8 Å². The summed E-state index contributed by atoms with van der Waals surface area (Å²) in [5, 5.41) is 2.50. The van der Waals surface area contributed by atoms with Crippen molar-refractivity contribution in [2.45, 2.75) is 27.2 Å². The van der Waals surface area contributed by atoms with Gasteiger partial charge in [0.25, 0.3) is 0 Å². The third kappa shape index (κ3) is 2.56. The maximum Gasteiger partial charge on any atom is 0.0346 e. The van der Waals surface area contributed by atoms with Gasteiger partial charge in [0.1, 0.15) is 0 Å². The molecule has 2 aromatic rings. The van der Waals surface area contributed by atoms with Crippen molar-refractivity contribution >= 4 is 10.8 Å². The molecule has 15 heavy (non-hydrogen) atoms. The Morgan fingerprint density at radius 1 is 1.07 bits per heavy atom. The number of pyridine rings is 1. The molecule has 0 fully saturated rings. The molecule has 0 saturated carbocycles. The molecule has 78 valence electrons.